The Labute approximate surface area is 123 Å². The van der Waals surface area contributed by atoms with Gasteiger partial charge in [-0.05, 0) is 0 Å². The lowest BCUT2D eigenvalue weighted by molar-refractivity contribution is -0.384. The molecule has 0 aliphatic carbocycles. The second-order valence-corrected chi connectivity index (χ2v) is 5.05. The van der Waals surface area contributed by atoms with Gasteiger partial charge in [0.25, 0.3) is 11.6 Å². The van der Waals surface area contributed by atoms with Crippen molar-refractivity contribution in [2.45, 2.75) is 12.5 Å². The summed E-state index contributed by atoms with van der Waals surface area (Å²) in [6.45, 7) is 0. The number of nitro groups is 1. The number of amides is 2. The van der Waals surface area contributed by atoms with Crippen molar-refractivity contribution in [3.63, 3.8) is 0 Å². The number of benzene rings is 1. The predicted octanol–water partition coefficient (Wildman–Crippen LogP) is 2.07. The maximum Gasteiger partial charge on any atom is 0.272 e. The first kappa shape index (κ1) is 14.5. The van der Waals surface area contributed by atoms with E-state index in [-0.39, 0.29) is 33.7 Å². The molecule has 9 heteroatoms. The summed E-state index contributed by atoms with van der Waals surface area (Å²) >= 11 is 11.8. The number of non-ortho nitro benzene ring substituents is 1. The van der Waals surface area contributed by atoms with Crippen molar-refractivity contribution in [2.75, 3.05) is 12.4 Å². The van der Waals surface area contributed by atoms with E-state index in [2.05, 4.69) is 5.32 Å². The highest BCUT2D eigenvalue weighted by molar-refractivity contribution is 6.39. The Kier molecular flexibility index (Phi) is 3.82. The summed E-state index contributed by atoms with van der Waals surface area (Å²) < 4.78 is 0. The fourth-order valence-corrected chi connectivity index (χ4v) is 2.43. The summed E-state index contributed by atoms with van der Waals surface area (Å²) in [5, 5.41) is 13.4. The summed E-state index contributed by atoms with van der Waals surface area (Å²) in [7, 11) is 1.38. The molecule has 0 saturated carbocycles. The molecule has 1 aromatic rings. The van der Waals surface area contributed by atoms with Crippen LogP contribution in [0.15, 0.2) is 12.1 Å². The first-order valence-electron chi connectivity index (χ1n) is 5.51. The maximum absolute atomic E-state index is 11.8. The van der Waals surface area contributed by atoms with Gasteiger partial charge in [-0.1, -0.05) is 23.2 Å². The first-order valence-corrected chi connectivity index (χ1v) is 6.27. The van der Waals surface area contributed by atoms with Crippen molar-refractivity contribution in [2.24, 2.45) is 0 Å². The molecule has 1 unspecified atom stereocenters. The summed E-state index contributed by atoms with van der Waals surface area (Å²) in [5.41, 5.74) is -0.0584. The molecule has 2 rings (SSSR count). The lowest BCUT2D eigenvalue weighted by atomic mass is 10.2. The quantitative estimate of drug-likeness (QED) is 0.523. The first-order chi connectivity index (χ1) is 9.31. The minimum Gasteiger partial charge on any atom is -0.371 e. The molecule has 7 nitrogen and oxygen atoms in total. The molecule has 106 valence electrons. The highest BCUT2D eigenvalue weighted by Crippen LogP contribution is 2.35. The number of hydrogen-bond acceptors (Lipinski definition) is 5. The van der Waals surface area contributed by atoms with Crippen LogP contribution < -0.4 is 5.32 Å². The topological polar surface area (TPSA) is 92.6 Å². The van der Waals surface area contributed by atoms with Crippen LogP contribution in [0.3, 0.4) is 0 Å². The van der Waals surface area contributed by atoms with E-state index in [0.717, 1.165) is 17.0 Å². The zero-order valence-electron chi connectivity index (χ0n) is 10.2. The number of nitrogens with zero attached hydrogens (tertiary/aromatic N) is 2. The van der Waals surface area contributed by atoms with Crippen LogP contribution in [0.5, 0.6) is 0 Å². The molecule has 1 N–H and O–H groups in total. The lowest BCUT2D eigenvalue weighted by Crippen LogP contribution is -2.31. The third kappa shape index (κ3) is 2.54. The number of carbonyl (C=O) groups excluding carboxylic acids is 2. The lowest BCUT2D eigenvalue weighted by Gasteiger charge is -2.14. The van der Waals surface area contributed by atoms with E-state index in [1.807, 2.05) is 0 Å². The average Bonchev–Trinajstić information content (AvgIpc) is 2.61. The number of carbonyl (C=O) groups is 2. The Hall–Kier alpha value is -1.86. The van der Waals surface area contributed by atoms with Gasteiger partial charge in [-0.2, -0.15) is 0 Å². The van der Waals surface area contributed by atoms with E-state index in [1.165, 1.54) is 7.05 Å². The Morgan fingerprint density at radius 1 is 1.35 bits per heavy atom. The zero-order chi connectivity index (χ0) is 15.0. The molecule has 1 atom stereocenters. The van der Waals surface area contributed by atoms with Crippen molar-refractivity contribution in [1.82, 2.24) is 4.90 Å². The van der Waals surface area contributed by atoms with Gasteiger partial charge in [0.2, 0.25) is 5.91 Å². The normalized spacial score (nSPS) is 18.6. The zero-order valence-corrected chi connectivity index (χ0v) is 11.7. The number of rotatable bonds is 3. The van der Waals surface area contributed by atoms with E-state index in [1.54, 1.807) is 0 Å². The molecule has 1 fully saturated rings. The second-order valence-electron chi connectivity index (χ2n) is 4.23. The Morgan fingerprint density at radius 2 is 1.90 bits per heavy atom. The number of imide groups is 1. The summed E-state index contributed by atoms with van der Waals surface area (Å²) in [6, 6.07) is 1.48. The number of halogens is 2. The molecule has 0 aromatic heterocycles. The second kappa shape index (κ2) is 5.26. The standard InChI is InChI=1S/C11H9Cl2N3O4/c1-15-9(17)4-8(11(15)18)14-10-6(12)2-5(16(19)20)3-7(10)13/h2-3,8,14H,4H2,1H3. The van der Waals surface area contributed by atoms with Crippen LogP contribution in [0.4, 0.5) is 11.4 Å². The number of likely N-dealkylation sites (tertiary alicyclic amines) is 1. The summed E-state index contributed by atoms with van der Waals surface area (Å²) in [6.07, 6.45) is -0.0149. The molecule has 20 heavy (non-hydrogen) atoms. The number of anilines is 1. The fourth-order valence-electron chi connectivity index (χ4n) is 1.85. The monoisotopic (exact) mass is 317 g/mol. The number of hydrogen-bond donors (Lipinski definition) is 1. The highest BCUT2D eigenvalue weighted by Gasteiger charge is 2.36. The molecular weight excluding hydrogens is 309 g/mol. The molecule has 2 amide bonds. The molecule has 1 aromatic carbocycles. The van der Waals surface area contributed by atoms with Gasteiger partial charge >= 0.3 is 0 Å². The van der Waals surface area contributed by atoms with Crippen LogP contribution in [-0.2, 0) is 9.59 Å². The van der Waals surface area contributed by atoms with Crippen LogP contribution in [0.1, 0.15) is 6.42 Å². The predicted molar refractivity (Wildman–Crippen MR) is 72.9 cm³/mol. The largest absolute Gasteiger partial charge is 0.371 e. The van der Waals surface area contributed by atoms with Gasteiger partial charge in [0.15, 0.2) is 0 Å². The van der Waals surface area contributed by atoms with Gasteiger partial charge in [0.1, 0.15) is 6.04 Å². The summed E-state index contributed by atoms with van der Waals surface area (Å²) in [4.78, 5) is 34.2. The maximum atomic E-state index is 11.8. The fraction of sp³-hybridized carbons (Fsp3) is 0.273. The Bertz CT molecular complexity index is 597. The molecule has 0 bridgehead atoms. The van der Waals surface area contributed by atoms with Crippen molar-refractivity contribution < 1.29 is 14.5 Å². The van der Waals surface area contributed by atoms with E-state index in [0.29, 0.717) is 0 Å². The SMILES string of the molecule is CN1C(=O)CC(Nc2c(Cl)cc([N+](=O)[O-])cc2Cl)C1=O. The smallest absolute Gasteiger partial charge is 0.272 e. The van der Waals surface area contributed by atoms with E-state index >= 15 is 0 Å². The molecule has 1 aliphatic rings. The van der Waals surface area contributed by atoms with Crippen molar-refractivity contribution >= 4 is 46.4 Å². The van der Waals surface area contributed by atoms with Crippen molar-refractivity contribution in [3.05, 3.63) is 32.3 Å². The van der Waals surface area contributed by atoms with Gasteiger partial charge in [0.05, 0.1) is 27.1 Å². The number of nitro benzene ring substituents is 1. The van der Waals surface area contributed by atoms with Crippen LogP contribution in [0.25, 0.3) is 0 Å². The molecule has 0 spiro atoms. The molecule has 1 heterocycles. The minimum atomic E-state index is -0.774. The molecule has 1 saturated heterocycles. The van der Waals surface area contributed by atoms with Crippen molar-refractivity contribution in [1.29, 1.82) is 0 Å². The number of likely N-dealkylation sites (N-methyl/N-ethyl adjacent to an activating group) is 1. The third-order valence-electron chi connectivity index (χ3n) is 2.94. The van der Waals surface area contributed by atoms with Crippen molar-refractivity contribution in [3.8, 4) is 0 Å². The van der Waals surface area contributed by atoms with E-state index < -0.39 is 16.9 Å². The van der Waals surface area contributed by atoms with E-state index in [9.17, 15) is 19.7 Å². The van der Waals surface area contributed by atoms with Gasteiger partial charge in [0, 0.05) is 19.2 Å². The average molecular weight is 318 g/mol. The Morgan fingerprint density at radius 3 is 2.30 bits per heavy atom. The minimum absolute atomic E-state index is 0.0130. The molecule has 1 aliphatic heterocycles. The highest BCUT2D eigenvalue weighted by atomic mass is 35.5. The van der Waals surface area contributed by atoms with Crippen LogP contribution >= 0.6 is 23.2 Å². The van der Waals surface area contributed by atoms with Gasteiger partial charge in [-0.15, -0.1) is 0 Å². The Balaban J connectivity index is 2.29. The van der Waals surface area contributed by atoms with E-state index in [4.69, 9.17) is 23.2 Å². The number of nitrogens with one attached hydrogen (secondary N) is 1. The van der Waals surface area contributed by atoms with Gasteiger partial charge in [-0.3, -0.25) is 24.6 Å². The van der Waals surface area contributed by atoms with Crippen LogP contribution in [0, 0.1) is 10.1 Å². The van der Waals surface area contributed by atoms with Gasteiger partial charge < -0.3 is 5.32 Å². The van der Waals surface area contributed by atoms with Crippen LogP contribution in [-0.4, -0.2) is 34.7 Å². The molecule has 0 radical (unpaired) electrons. The van der Waals surface area contributed by atoms with Crippen LogP contribution in [0.2, 0.25) is 10.0 Å². The van der Waals surface area contributed by atoms with Gasteiger partial charge in [-0.25, -0.2) is 0 Å². The summed E-state index contributed by atoms with van der Waals surface area (Å²) in [5.74, 6) is -0.720. The molecular formula is C11H9Cl2N3O4. The third-order valence-corrected chi connectivity index (χ3v) is 3.53.